The number of hydrogen-bond donors (Lipinski definition) is 0. The molecule has 1 unspecified atom stereocenters. The van der Waals surface area contributed by atoms with Crippen LogP contribution in [-0.4, -0.2) is 45.9 Å². The maximum Gasteiger partial charge on any atom is 0.573 e. The Bertz CT molecular complexity index is 1290. The summed E-state index contributed by atoms with van der Waals surface area (Å²) in [6, 6.07) is 15.2. The van der Waals surface area contributed by atoms with E-state index in [0.717, 1.165) is 30.5 Å². The Morgan fingerprint density at radius 2 is 1.89 bits per heavy atom. The number of halogens is 3. The molecule has 2 heterocycles. The first kappa shape index (κ1) is 24.8. The Hall–Kier alpha value is -3.84. The number of rotatable bonds is 8. The first-order valence-corrected chi connectivity index (χ1v) is 12.2. The van der Waals surface area contributed by atoms with Gasteiger partial charge in [-0.1, -0.05) is 31.0 Å². The van der Waals surface area contributed by atoms with E-state index in [0.29, 0.717) is 36.8 Å². The summed E-state index contributed by atoms with van der Waals surface area (Å²) in [5, 5.41) is 9.02. The Balaban J connectivity index is 1.32. The molecule has 3 aromatic rings. The maximum atomic E-state index is 13.2. The number of ether oxygens (including phenoxy) is 1. The number of aromatic nitrogens is 2. The number of anilines is 1. The molecule has 5 rings (SSSR count). The van der Waals surface area contributed by atoms with Crippen molar-refractivity contribution in [2.45, 2.75) is 44.8 Å². The van der Waals surface area contributed by atoms with Gasteiger partial charge in [0, 0.05) is 43.6 Å². The minimum atomic E-state index is -4.80. The van der Waals surface area contributed by atoms with E-state index in [9.17, 15) is 18.0 Å². The molecule has 0 N–H and O–H groups in total. The maximum absolute atomic E-state index is 13.2. The number of imidazole rings is 1. The molecule has 0 spiro atoms. The summed E-state index contributed by atoms with van der Waals surface area (Å²) < 4.78 is 44.2. The predicted molar refractivity (Wildman–Crippen MR) is 130 cm³/mol. The van der Waals surface area contributed by atoms with Gasteiger partial charge >= 0.3 is 6.36 Å². The van der Waals surface area contributed by atoms with Gasteiger partial charge in [-0.2, -0.15) is 5.26 Å². The summed E-state index contributed by atoms with van der Waals surface area (Å²) in [7, 11) is 0. The molecule has 10 heteroatoms. The Morgan fingerprint density at radius 3 is 2.59 bits per heavy atom. The van der Waals surface area contributed by atoms with Gasteiger partial charge in [-0.15, -0.1) is 13.2 Å². The number of carbonyl (C=O) groups excluding carboxylic acids is 1. The monoisotopic (exact) mass is 509 g/mol. The second-order valence-corrected chi connectivity index (χ2v) is 9.61. The number of hydrogen-bond acceptors (Lipinski definition) is 5. The first-order valence-electron chi connectivity index (χ1n) is 12.2. The van der Waals surface area contributed by atoms with E-state index in [-0.39, 0.29) is 24.2 Å². The van der Waals surface area contributed by atoms with Crippen LogP contribution >= 0.6 is 0 Å². The van der Waals surface area contributed by atoms with Gasteiger partial charge in [0.05, 0.1) is 30.2 Å². The van der Waals surface area contributed by atoms with E-state index in [1.165, 1.54) is 18.2 Å². The average Bonchev–Trinajstić information content (AvgIpc) is 3.58. The molecule has 7 nitrogen and oxygen atoms in total. The molecule has 2 aliphatic rings. The van der Waals surface area contributed by atoms with Crippen LogP contribution in [0.4, 0.5) is 18.9 Å². The van der Waals surface area contributed by atoms with E-state index in [4.69, 9.17) is 5.26 Å². The van der Waals surface area contributed by atoms with Gasteiger partial charge in [0.1, 0.15) is 5.75 Å². The molecule has 1 aromatic heterocycles. The fraction of sp³-hybridized carbons (Fsp3) is 0.370. The summed E-state index contributed by atoms with van der Waals surface area (Å²) in [6.07, 6.45) is 2.00. The summed E-state index contributed by atoms with van der Waals surface area (Å²) in [5.41, 5.74) is 3.00. The Labute approximate surface area is 212 Å². The zero-order valence-corrected chi connectivity index (χ0v) is 20.1. The van der Waals surface area contributed by atoms with Crippen molar-refractivity contribution >= 4 is 11.6 Å². The molecular weight excluding hydrogens is 483 g/mol. The highest BCUT2D eigenvalue weighted by molar-refractivity contribution is 5.95. The van der Waals surface area contributed by atoms with Gasteiger partial charge in [0.15, 0.2) is 0 Å². The van der Waals surface area contributed by atoms with Crippen molar-refractivity contribution in [3.63, 3.8) is 0 Å². The lowest BCUT2D eigenvalue weighted by molar-refractivity contribution is -0.274. The molecule has 2 aromatic carbocycles. The number of piperazine rings is 1. The zero-order valence-electron chi connectivity index (χ0n) is 20.1. The molecule has 37 heavy (non-hydrogen) atoms. The highest BCUT2D eigenvalue weighted by Gasteiger charge is 2.37. The largest absolute Gasteiger partial charge is 0.573 e. The quantitative estimate of drug-likeness (QED) is 0.439. The van der Waals surface area contributed by atoms with E-state index >= 15 is 0 Å². The zero-order chi connectivity index (χ0) is 26.0. The number of nitriles is 1. The molecule has 0 bridgehead atoms. The molecule has 0 radical (unpaired) electrons. The third-order valence-corrected chi connectivity index (χ3v) is 6.81. The van der Waals surface area contributed by atoms with Crippen molar-refractivity contribution in [2.75, 3.05) is 18.0 Å². The molecule has 1 saturated heterocycles. The van der Waals surface area contributed by atoms with Crippen molar-refractivity contribution < 1.29 is 22.7 Å². The summed E-state index contributed by atoms with van der Waals surface area (Å²) in [5.74, 6) is 0.0889. The van der Waals surface area contributed by atoms with Crippen LogP contribution < -0.4 is 9.64 Å². The lowest BCUT2D eigenvalue weighted by atomic mass is 10.0. The average molecular weight is 510 g/mol. The van der Waals surface area contributed by atoms with Gasteiger partial charge in [0.2, 0.25) is 5.91 Å². The number of alkyl halides is 3. The number of amides is 1. The standard InChI is InChI=1S/C27H26F3N5O2/c28-27(29,30)37-25-3-1-2-22(11-25)35-16-23(10-19-4-5-19)33(17-26(35)36)15-24-13-32-18-34(24)14-21-8-6-20(12-31)7-9-21/h1-3,6-9,11,13,18-19,23H,4-5,10,14-17H2. The van der Waals surface area contributed by atoms with Crippen LogP contribution in [0.25, 0.3) is 0 Å². The molecule has 192 valence electrons. The second-order valence-electron chi connectivity index (χ2n) is 9.61. The molecule has 1 aliphatic heterocycles. The van der Waals surface area contributed by atoms with Crippen molar-refractivity contribution in [3.8, 4) is 11.8 Å². The van der Waals surface area contributed by atoms with E-state index < -0.39 is 6.36 Å². The van der Waals surface area contributed by atoms with E-state index in [2.05, 4.69) is 20.7 Å². The minimum Gasteiger partial charge on any atom is -0.406 e. The van der Waals surface area contributed by atoms with Crippen LogP contribution in [0.1, 0.15) is 36.1 Å². The molecule has 1 aliphatic carbocycles. The molecular formula is C27H26F3N5O2. The van der Waals surface area contributed by atoms with Gasteiger partial charge in [-0.3, -0.25) is 9.69 Å². The van der Waals surface area contributed by atoms with Crippen LogP contribution in [0.3, 0.4) is 0 Å². The van der Waals surface area contributed by atoms with E-state index in [1.807, 2.05) is 16.7 Å². The van der Waals surface area contributed by atoms with Gasteiger partial charge in [0.25, 0.3) is 0 Å². The Kier molecular flexibility index (Phi) is 6.89. The highest BCUT2D eigenvalue weighted by Crippen LogP contribution is 2.37. The minimum absolute atomic E-state index is 0.0654. The van der Waals surface area contributed by atoms with Gasteiger partial charge in [-0.25, -0.2) is 4.98 Å². The number of carbonyl (C=O) groups is 1. The van der Waals surface area contributed by atoms with Crippen molar-refractivity contribution in [1.82, 2.24) is 14.5 Å². The molecule has 1 atom stereocenters. The van der Waals surface area contributed by atoms with Crippen LogP contribution in [0.2, 0.25) is 0 Å². The van der Waals surface area contributed by atoms with Crippen LogP contribution in [0, 0.1) is 17.2 Å². The van der Waals surface area contributed by atoms with Gasteiger partial charge in [-0.05, 0) is 42.2 Å². The fourth-order valence-electron chi connectivity index (χ4n) is 4.77. The van der Waals surface area contributed by atoms with Crippen molar-refractivity contribution in [2.24, 2.45) is 5.92 Å². The highest BCUT2D eigenvalue weighted by atomic mass is 19.4. The normalized spacial score (nSPS) is 18.6. The summed E-state index contributed by atoms with van der Waals surface area (Å²) >= 11 is 0. The number of nitrogens with zero attached hydrogens (tertiary/aromatic N) is 5. The van der Waals surface area contributed by atoms with Crippen LogP contribution in [-0.2, 0) is 17.9 Å². The molecule has 1 amide bonds. The lowest BCUT2D eigenvalue weighted by Crippen LogP contribution is -2.56. The van der Waals surface area contributed by atoms with Crippen LogP contribution in [0.5, 0.6) is 5.75 Å². The lowest BCUT2D eigenvalue weighted by Gasteiger charge is -2.41. The summed E-state index contributed by atoms with van der Waals surface area (Å²) in [6.45, 7) is 1.68. The SMILES string of the molecule is N#Cc1ccc(Cn2cncc2CN2CC(=O)N(c3cccc(OC(F)(F)F)c3)CC2CC2CC2)cc1. The predicted octanol–water partition coefficient (Wildman–Crippen LogP) is 4.72. The van der Waals surface area contributed by atoms with Crippen molar-refractivity contribution in [3.05, 3.63) is 77.9 Å². The van der Waals surface area contributed by atoms with Gasteiger partial charge < -0.3 is 14.2 Å². The topological polar surface area (TPSA) is 74.4 Å². The third-order valence-electron chi connectivity index (χ3n) is 6.81. The fourth-order valence-corrected chi connectivity index (χ4v) is 4.77. The number of benzene rings is 2. The second kappa shape index (κ2) is 10.3. The first-order chi connectivity index (χ1) is 17.8. The van der Waals surface area contributed by atoms with Crippen LogP contribution in [0.15, 0.2) is 61.1 Å². The smallest absolute Gasteiger partial charge is 0.406 e. The van der Waals surface area contributed by atoms with Crippen molar-refractivity contribution in [1.29, 1.82) is 5.26 Å². The Morgan fingerprint density at radius 1 is 1.11 bits per heavy atom. The van der Waals surface area contributed by atoms with E-state index in [1.54, 1.807) is 35.6 Å². The molecule has 1 saturated carbocycles. The molecule has 2 fully saturated rings. The third kappa shape index (κ3) is 6.30. The summed E-state index contributed by atoms with van der Waals surface area (Å²) in [4.78, 5) is 21.2.